The fourth-order valence-corrected chi connectivity index (χ4v) is 1.80. The van der Waals surface area contributed by atoms with E-state index in [0.717, 1.165) is 15.4 Å². The van der Waals surface area contributed by atoms with Crippen molar-refractivity contribution in [2.75, 3.05) is 0 Å². The number of hydrogen-bond donors (Lipinski definition) is 0. The third-order valence-electron chi connectivity index (χ3n) is 1.47. The van der Waals surface area contributed by atoms with Crippen molar-refractivity contribution in [2.45, 2.75) is 12.3 Å². The number of benzene rings is 1. The van der Waals surface area contributed by atoms with E-state index in [-0.39, 0.29) is 0 Å². The van der Waals surface area contributed by atoms with Gasteiger partial charge in [-0.3, -0.25) is 0 Å². The SMILES string of the molecule is CC#Cc1ccc(Br)cc1CBr. The molecule has 0 spiro atoms. The van der Waals surface area contributed by atoms with Gasteiger partial charge in [0, 0.05) is 15.4 Å². The Labute approximate surface area is 89.6 Å². The first kappa shape index (κ1) is 9.83. The molecule has 0 aliphatic carbocycles. The van der Waals surface area contributed by atoms with E-state index in [0.29, 0.717) is 0 Å². The molecule has 2 heteroatoms. The molecule has 0 nitrogen and oxygen atoms in total. The van der Waals surface area contributed by atoms with E-state index in [1.165, 1.54) is 5.56 Å². The molecule has 12 heavy (non-hydrogen) atoms. The van der Waals surface area contributed by atoms with Gasteiger partial charge in [-0.2, -0.15) is 0 Å². The van der Waals surface area contributed by atoms with E-state index in [9.17, 15) is 0 Å². The van der Waals surface area contributed by atoms with Crippen LogP contribution in [0, 0.1) is 11.8 Å². The first-order valence-electron chi connectivity index (χ1n) is 3.55. The van der Waals surface area contributed by atoms with E-state index < -0.39 is 0 Å². The first-order valence-corrected chi connectivity index (χ1v) is 5.46. The molecular formula is C10H8Br2. The van der Waals surface area contributed by atoms with Gasteiger partial charge in [0.15, 0.2) is 0 Å². The number of rotatable bonds is 1. The van der Waals surface area contributed by atoms with Crippen LogP contribution in [0.4, 0.5) is 0 Å². The number of halogens is 2. The van der Waals surface area contributed by atoms with Crippen LogP contribution in [0.2, 0.25) is 0 Å². The molecule has 1 rings (SSSR count). The topological polar surface area (TPSA) is 0 Å². The molecule has 0 saturated carbocycles. The Kier molecular flexibility index (Phi) is 3.84. The Bertz CT molecular complexity index is 331. The van der Waals surface area contributed by atoms with E-state index in [1.807, 2.05) is 19.1 Å². The predicted octanol–water partition coefficient (Wildman–Crippen LogP) is 3.72. The van der Waals surface area contributed by atoms with E-state index in [1.54, 1.807) is 0 Å². The lowest BCUT2D eigenvalue weighted by Gasteiger charge is -2.00. The normalized spacial score (nSPS) is 8.92. The van der Waals surface area contributed by atoms with Crippen LogP contribution in [0.15, 0.2) is 22.7 Å². The summed E-state index contributed by atoms with van der Waals surface area (Å²) in [5.74, 6) is 5.95. The average molecular weight is 288 g/mol. The van der Waals surface area contributed by atoms with Crippen molar-refractivity contribution in [3.8, 4) is 11.8 Å². The molecule has 1 aromatic rings. The Morgan fingerprint density at radius 2 is 2.17 bits per heavy atom. The van der Waals surface area contributed by atoms with Crippen LogP contribution in [-0.4, -0.2) is 0 Å². The minimum absolute atomic E-state index is 0.844. The second-order valence-corrected chi connectivity index (χ2v) is 3.79. The van der Waals surface area contributed by atoms with Gasteiger partial charge in [-0.1, -0.05) is 37.8 Å². The van der Waals surface area contributed by atoms with Crippen LogP contribution >= 0.6 is 31.9 Å². The summed E-state index contributed by atoms with van der Waals surface area (Å²) in [6.07, 6.45) is 0. The zero-order valence-corrected chi connectivity index (χ0v) is 9.87. The van der Waals surface area contributed by atoms with Gasteiger partial charge >= 0.3 is 0 Å². The summed E-state index contributed by atoms with van der Waals surface area (Å²) >= 11 is 6.84. The zero-order chi connectivity index (χ0) is 8.97. The standard InChI is InChI=1S/C10H8Br2/c1-2-3-8-4-5-10(12)6-9(8)7-11/h4-6H,7H2,1H3. The molecule has 0 unspecified atom stereocenters. The van der Waals surface area contributed by atoms with Gasteiger partial charge in [0.05, 0.1) is 0 Å². The summed E-state index contributed by atoms with van der Waals surface area (Å²) in [7, 11) is 0. The number of hydrogen-bond acceptors (Lipinski definition) is 0. The molecule has 0 heterocycles. The quantitative estimate of drug-likeness (QED) is 0.546. The van der Waals surface area contributed by atoms with Gasteiger partial charge < -0.3 is 0 Å². The van der Waals surface area contributed by atoms with Crippen molar-refractivity contribution in [1.29, 1.82) is 0 Å². The summed E-state index contributed by atoms with van der Waals surface area (Å²) in [4.78, 5) is 0. The van der Waals surface area contributed by atoms with Crippen molar-refractivity contribution < 1.29 is 0 Å². The second kappa shape index (κ2) is 4.69. The maximum atomic E-state index is 3.42. The Morgan fingerprint density at radius 1 is 1.42 bits per heavy atom. The van der Waals surface area contributed by atoms with Crippen molar-refractivity contribution in [2.24, 2.45) is 0 Å². The van der Waals surface area contributed by atoms with Gasteiger partial charge in [-0.05, 0) is 30.7 Å². The molecule has 0 aromatic heterocycles. The highest BCUT2D eigenvalue weighted by Crippen LogP contribution is 2.18. The van der Waals surface area contributed by atoms with Crippen LogP contribution in [-0.2, 0) is 5.33 Å². The van der Waals surface area contributed by atoms with Crippen LogP contribution in [0.1, 0.15) is 18.1 Å². The lowest BCUT2D eigenvalue weighted by atomic mass is 10.1. The van der Waals surface area contributed by atoms with Crippen LogP contribution in [0.5, 0.6) is 0 Å². The number of alkyl halides is 1. The first-order chi connectivity index (χ1) is 5.77. The van der Waals surface area contributed by atoms with Gasteiger partial charge in [0.2, 0.25) is 0 Å². The zero-order valence-electron chi connectivity index (χ0n) is 6.70. The lowest BCUT2D eigenvalue weighted by Crippen LogP contribution is -1.84. The molecule has 0 aliphatic rings. The van der Waals surface area contributed by atoms with Crippen molar-refractivity contribution in [3.63, 3.8) is 0 Å². The summed E-state index contributed by atoms with van der Waals surface area (Å²) in [6, 6.07) is 6.11. The molecule has 62 valence electrons. The van der Waals surface area contributed by atoms with Crippen LogP contribution < -0.4 is 0 Å². The van der Waals surface area contributed by atoms with Gasteiger partial charge in [0.25, 0.3) is 0 Å². The molecule has 0 N–H and O–H groups in total. The minimum Gasteiger partial charge on any atom is -0.101 e. The second-order valence-electron chi connectivity index (χ2n) is 2.31. The maximum Gasteiger partial charge on any atom is 0.0295 e. The third-order valence-corrected chi connectivity index (χ3v) is 2.57. The molecule has 0 radical (unpaired) electrons. The van der Waals surface area contributed by atoms with E-state index >= 15 is 0 Å². The van der Waals surface area contributed by atoms with Crippen LogP contribution in [0.3, 0.4) is 0 Å². The maximum absolute atomic E-state index is 3.42. The Hall–Kier alpha value is -0.260. The summed E-state index contributed by atoms with van der Waals surface area (Å²) in [5.41, 5.74) is 2.32. The molecule has 0 aliphatic heterocycles. The summed E-state index contributed by atoms with van der Waals surface area (Å²) in [5, 5.41) is 0.844. The summed E-state index contributed by atoms with van der Waals surface area (Å²) in [6.45, 7) is 1.85. The highest BCUT2D eigenvalue weighted by atomic mass is 79.9. The van der Waals surface area contributed by atoms with Crippen LogP contribution in [0.25, 0.3) is 0 Å². The van der Waals surface area contributed by atoms with Gasteiger partial charge in [0.1, 0.15) is 0 Å². The Morgan fingerprint density at radius 3 is 2.75 bits per heavy atom. The van der Waals surface area contributed by atoms with Crippen molar-refractivity contribution in [3.05, 3.63) is 33.8 Å². The van der Waals surface area contributed by atoms with Gasteiger partial charge in [-0.15, -0.1) is 5.92 Å². The molecule has 0 amide bonds. The highest BCUT2D eigenvalue weighted by molar-refractivity contribution is 9.10. The average Bonchev–Trinajstić information content (AvgIpc) is 2.08. The smallest absolute Gasteiger partial charge is 0.0295 e. The predicted molar refractivity (Wildman–Crippen MR) is 59.3 cm³/mol. The molecular weight excluding hydrogens is 280 g/mol. The largest absolute Gasteiger partial charge is 0.101 e. The monoisotopic (exact) mass is 286 g/mol. The van der Waals surface area contributed by atoms with Gasteiger partial charge in [-0.25, -0.2) is 0 Å². The summed E-state index contributed by atoms with van der Waals surface area (Å²) < 4.78 is 1.10. The minimum atomic E-state index is 0.844. The fraction of sp³-hybridized carbons (Fsp3) is 0.200. The highest BCUT2D eigenvalue weighted by Gasteiger charge is 1.98. The van der Waals surface area contributed by atoms with E-state index in [4.69, 9.17) is 0 Å². The lowest BCUT2D eigenvalue weighted by molar-refractivity contribution is 1.39. The van der Waals surface area contributed by atoms with Crippen molar-refractivity contribution >= 4 is 31.9 Å². The van der Waals surface area contributed by atoms with Crippen molar-refractivity contribution in [1.82, 2.24) is 0 Å². The molecule has 1 aromatic carbocycles. The third kappa shape index (κ3) is 2.36. The molecule has 0 bridgehead atoms. The van der Waals surface area contributed by atoms with E-state index in [2.05, 4.69) is 49.8 Å². The molecule has 0 atom stereocenters. The fourth-order valence-electron chi connectivity index (χ4n) is 0.929. The Balaban J connectivity index is 3.17. The molecule has 0 fully saturated rings. The molecule has 0 saturated heterocycles.